The smallest absolute Gasteiger partial charge is 0.279 e. The van der Waals surface area contributed by atoms with Gasteiger partial charge in [-0.15, -0.1) is 0 Å². The van der Waals surface area contributed by atoms with Crippen molar-refractivity contribution in [3.05, 3.63) is 114 Å². The summed E-state index contributed by atoms with van der Waals surface area (Å²) in [5.41, 5.74) is 5.52. The molecule has 0 radical (unpaired) electrons. The minimum Gasteiger partial charge on any atom is -0.342 e. The Morgan fingerprint density at radius 2 is 1.22 bits per heavy atom. The molecule has 83 heavy (non-hydrogen) atoms. The van der Waals surface area contributed by atoms with Crippen molar-refractivity contribution in [3.63, 3.8) is 0 Å². The van der Waals surface area contributed by atoms with Crippen molar-refractivity contribution in [2.24, 2.45) is 0 Å². The molecule has 0 bridgehead atoms. The molecule has 0 spiro atoms. The van der Waals surface area contributed by atoms with E-state index in [0.29, 0.717) is 69.5 Å². The number of carbonyl (C=O) groups is 1. The molecule has 0 saturated heterocycles. The van der Waals surface area contributed by atoms with E-state index in [-0.39, 0.29) is 62.5 Å². The topological polar surface area (TPSA) is 272 Å². The highest BCUT2D eigenvalue weighted by Crippen LogP contribution is 2.44. The Morgan fingerprint density at radius 3 is 1.90 bits per heavy atom. The number of aromatic nitrogens is 10. The predicted molar refractivity (Wildman–Crippen MR) is 316 cm³/mol. The number of nitrogens with zero attached hydrogens (tertiary/aromatic N) is 9. The summed E-state index contributed by atoms with van der Waals surface area (Å²) in [4.78, 5) is 45.2. The van der Waals surface area contributed by atoms with Gasteiger partial charge in [0, 0.05) is 49.0 Å². The van der Waals surface area contributed by atoms with E-state index < -0.39 is 36.2 Å². The van der Waals surface area contributed by atoms with E-state index in [1.165, 1.54) is 57.5 Å². The van der Waals surface area contributed by atoms with Gasteiger partial charge in [0.05, 0.1) is 67.6 Å². The zero-order valence-electron chi connectivity index (χ0n) is 46.1. The Bertz CT molecular complexity index is 4350. The van der Waals surface area contributed by atoms with Crippen molar-refractivity contribution < 1.29 is 30.0 Å². The van der Waals surface area contributed by atoms with Gasteiger partial charge < -0.3 is 19.5 Å². The molecule has 4 aromatic carbocycles. The number of nitrogens with one attached hydrogen (secondary N) is 5. The van der Waals surface area contributed by atoms with Crippen LogP contribution in [0.4, 0.5) is 28.4 Å². The van der Waals surface area contributed by atoms with E-state index in [0.717, 1.165) is 113 Å². The highest BCUT2D eigenvalue weighted by molar-refractivity contribution is 7.93. The van der Waals surface area contributed by atoms with Crippen molar-refractivity contribution in [3.8, 4) is 0 Å². The van der Waals surface area contributed by atoms with Gasteiger partial charge in [0.25, 0.3) is 30.1 Å². The number of sulfonamides is 3. The van der Waals surface area contributed by atoms with E-state index in [4.69, 9.17) is 15.0 Å². The van der Waals surface area contributed by atoms with Crippen LogP contribution in [0, 0.1) is 0 Å². The number of aryl methyl sites for hydroxylation is 2. The second kappa shape index (κ2) is 20.9. The lowest BCUT2D eigenvalue weighted by atomic mass is 9.89. The molecule has 3 fully saturated rings. The van der Waals surface area contributed by atoms with Crippen LogP contribution in [0.2, 0.25) is 0 Å². The van der Waals surface area contributed by atoms with Crippen LogP contribution in [0.3, 0.4) is 0 Å². The number of hydrogen-bond donors (Lipinski definition) is 5. The van der Waals surface area contributed by atoms with Gasteiger partial charge in [-0.1, -0.05) is 57.8 Å². The maximum atomic E-state index is 16.1. The average molecular weight is 1180 g/mol. The lowest BCUT2D eigenvalue weighted by Gasteiger charge is -2.35. The summed E-state index contributed by atoms with van der Waals surface area (Å²) in [6, 6.07) is 18.4. The van der Waals surface area contributed by atoms with E-state index in [1.807, 2.05) is 6.07 Å². The van der Waals surface area contributed by atoms with Crippen LogP contribution in [-0.4, -0.2) is 80.4 Å². The maximum Gasteiger partial charge on any atom is 0.279 e. The standard InChI is InChI=1S/C59H66N14O7S3/c1-36(71-35-45(33-61-71)81(75,76)68-41-20-23-46-48(29-41)64-57(62-46)37-12-5-2-6-13-37)72-51-25-22-44(28-40(51)19-26-54(72)74)83(79,80)73(43-21-24-47-49(32-43)65-58(63-47)38-14-7-3-8-15-38)52-31-42(69-82(77,78)55-34-60-53-18-11-27-70(53)55)30-50-56(52)67-59(66-50)39-16-9-4-10-17-39/h20-25,28-39,68-69H,2-19,26-27H2,1H3,(H,62,64)(H,63,65)(H,66,67). The van der Waals surface area contributed by atoms with Crippen LogP contribution in [0.5, 0.6) is 0 Å². The molecule has 3 aliphatic carbocycles. The zero-order valence-corrected chi connectivity index (χ0v) is 48.6. The quantitative estimate of drug-likeness (QED) is 0.0641. The first kappa shape index (κ1) is 53.4. The number of hydrogen-bond acceptors (Lipinski definition) is 12. The van der Waals surface area contributed by atoms with Gasteiger partial charge in [-0.3, -0.25) is 19.1 Å². The molecule has 7 heterocycles. The summed E-state index contributed by atoms with van der Waals surface area (Å²) in [5.74, 6) is 3.62. The third-order valence-electron chi connectivity index (χ3n) is 17.8. The molecule has 14 rings (SSSR count). The highest BCUT2D eigenvalue weighted by Gasteiger charge is 2.36. The van der Waals surface area contributed by atoms with Gasteiger partial charge in [-0.05, 0) is 131 Å². The molecule has 1 atom stereocenters. The number of carbonyl (C=O) groups excluding carboxylic acids is 1. The summed E-state index contributed by atoms with van der Waals surface area (Å²) in [7, 11) is -13.0. The normalized spacial score (nSPS) is 18.3. The second-order valence-corrected chi connectivity index (χ2v) is 28.4. The minimum absolute atomic E-state index is 0.0233. The third kappa shape index (κ3) is 9.92. The van der Waals surface area contributed by atoms with Crippen molar-refractivity contribution in [2.75, 3.05) is 18.6 Å². The van der Waals surface area contributed by atoms with Crippen LogP contribution < -0.4 is 18.6 Å². The van der Waals surface area contributed by atoms with Gasteiger partial charge in [0.15, 0.2) is 5.03 Å². The van der Waals surface area contributed by atoms with Gasteiger partial charge >= 0.3 is 0 Å². The molecule has 9 aromatic rings. The summed E-state index contributed by atoms with van der Waals surface area (Å²) < 4.78 is 98.6. The Hall–Kier alpha value is -7.57. The molecule has 3 saturated carbocycles. The van der Waals surface area contributed by atoms with Crippen LogP contribution >= 0.6 is 0 Å². The molecular formula is C59H66N14O7S3. The molecule has 432 valence electrons. The van der Waals surface area contributed by atoms with Crippen molar-refractivity contribution >= 4 is 97.5 Å². The molecule has 1 unspecified atom stereocenters. The first-order valence-electron chi connectivity index (χ1n) is 29.3. The molecule has 21 nitrogen and oxygen atoms in total. The lowest BCUT2D eigenvalue weighted by Crippen LogP contribution is -2.40. The molecule has 1 amide bonds. The van der Waals surface area contributed by atoms with Gasteiger partial charge in [-0.2, -0.15) is 13.5 Å². The first-order valence-corrected chi connectivity index (χ1v) is 33.7. The van der Waals surface area contributed by atoms with E-state index in [9.17, 15) is 21.6 Å². The molecule has 2 aliphatic heterocycles. The van der Waals surface area contributed by atoms with Gasteiger partial charge in [0.2, 0.25) is 5.91 Å². The summed E-state index contributed by atoms with van der Waals surface area (Å²) >= 11 is 0. The third-order valence-corrected chi connectivity index (χ3v) is 22.3. The predicted octanol–water partition coefficient (Wildman–Crippen LogP) is 11.4. The second-order valence-electron chi connectivity index (χ2n) is 23.3. The van der Waals surface area contributed by atoms with Crippen molar-refractivity contribution in [1.82, 2.24) is 49.2 Å². The molecule has 5 aromatic heterocycles. The Morgan fingerprint density at radius 1 is 0.602 bits per heavy atom. The van der Waals surface area contributed by atoms with Gasteiger partial charge in [-0.25, -0.2) is 45.8 Å². The van der Waals surface area contributed by atoms with Gasteiger partial charge in [0.1, 0.15) is 39.9 Å². The fraction of sp³-hybridized carbons (Fsp3) is 0.424. The number of rotatable bonds is 15. The number of fused-ring (bicyclic) bond motifs is 5. The SMILES string of the molecule is CC(N1C(=O)CCc2cc(S(=O)(=O)N(c3ccc4nc(C5CCCCC5)[nH]c4c3)c3cc(NS(=O)(=O)c4cnc5n4CCC5)cc4[nH]c(C5CCCCC5)nc34)ccc21)n1cc(S(=O)(=O)Nc2ccc3nc(C4CCCCC4)[nH]c3c2)cn1. The minimum atomic E-state index is -4.65. The zero-order chi connectivity index (χ0) is 56.8. The largest absolute Gasteiger partial charge is 0.342 e. The fourth-order valence-corrected chi connectivity index (χ4v) is 17.2. The van der Waals surface area contributed by atoms with Crippen LogP contribution in [0.1, 0.15) is 169 Å². The molecule has 24 heteroatoms. The number of anilines is 5. The summed E-state index contributed by atoms with van der Waals surface area (Å²) in [5, 5.41) is 4.47. The summed E-state index contributed by atoms with van der Waals surface area (Å²) in [6.07, 6.45) is 20.9. The van der Waals surface area contributed by atoms with E-state index in [2.05, 4.69) is 34.5 Å². The number of imidazole rings is 4. The fourth-order valence-electron chi connectivity index (χ4n) is 13.5. The van der Waals surface area contributed by atoms with E-state index in [1.54, 1.807) is 60.0 Å². The Labute approximate surface area is 481 Å². The van der Waals surface area contributed by atoms with Crippen LogP contribution in [-0.2, 0) is 54.3 Å². The van der Waals surface area contributed by atoms with Crippen LogP contribution in [0.15, 0.2) is 100 Å². The van der Waals surface area contributed by atoms with Crippen molar-refractivity contribution in [1.29, 1.82) is 0 Å². The van der Waals surface area contributed by atoms with Crippen molar-refractivity contribution in [2.45, 2.75) is 174 Å². The summed E-state index contributed by atoms with van der Waals surface area (Å²) in [6.45, 7) is 2.24. The number of amides is 1. The first-order chi connectivity index (χ1) is 40.1. The Kier molecular flexibility index (Phi) is 13.5. The Balaban J connectivity index is 0.819. The lowest BCUT2D eigenvalue weighted by molar-refractivity contribution is -0.119. The monoisotopic (exact) mass is 1180 g/mol. The number of aromatic amines is 3. The van der Waals surface area contributed by atoms with Crippen LogP contribution in [0.25, 0.3) is 33.1 Å². The molecule has 5 N–H and O–H groups in total. The highest BCUT2D eigenvalue weighted by atomic mass is 32.2. The van der Waals surface area contributed by atoms with E-state index >= 15 is 8.42 Å². The maximum absolute atomic E-state index is 16.1. The number of benzene rings is 4. The number of H-pyrrole nitrogens is 3. The average Bonchev–Trinajstić information content (AvgIpc) is 3.18. The molecule has 5 aliphatic rings. The molecular weight excluding hydrogens is 1110 g/mol.